The SMILES string of the molecule is CN(CCC(=O)N(C)CCC#N)CC1(N(C)C)CCC1. The molecule has 0 heterocycles. The van der Waals surface area contributed by atoms with Gasteiger partial charge in [-0.25, -0.2) is 0 Å². The molecule has 0 N–H and O–H groups in total. The van der Waals surface area contributed by atoms with Crippen LogP contribution in [0.1, 0.15) is 32.1 Å². The lowest BCUT2D eigenvalue weighted by atomic mass is 9.75. The van der Waals surface area contributed by atoms with Gasteiger partial charge in [-0.15, -0.1) is 0 Å². The fourth-order valence-corrected chi connectivity index (χ4v) is 2.73. The first-order valence-electron chi connectivity index (χ1n) is 7.38. The molecule has 0 spiro atoms. The standard InChI is InChI=1S/C15H28N4O/c1-17(2)15(8-5-9-15)13-18(3)12-7-14(20)19(4)11-6-10-16/h5-9,11-13H2,1-4H3. The number of nitrogens with zero attached hydrogens (tertiary/aromatic N) is 4. The van der Waals surface area contributed by atoms with Gasteiger partial charge in [0.05, 0.1) is 12.5 Å². The predicted molar refractivity (Wildman–Crippen MR) is 80.3 cm³/mol. The minimum absolute atomic E-state index is 0.125. The summed E-state index contributed by atoms with van der Waals surface area (Å²) in [4.78, 5) is 18.2. The van der Waals surface area contributed by atoms with E-state index >= 15 is 0 Å². The third-order valence-electron chi connectivity index (χ3n) is 4.49. The van der Waals surface area contributed by atoms with Crippen LogP contribution in [-0.2, 0) is 4.79 Å². The quantitative estimate of drug-likeness (QED) is 0.669. The van der Waals surface area contributed by atoms with E-state index in [2.05, 4.69) is 37.0 Å². The smallest absolute Gasteiger partial charge is 0.223 e. The summed E-state index contributed by atoms with van der Waals surface area (Å²) in [6.45, 7) is 2.33. The van der Waals surface area contributed by atoms with Crippen LogP contribution in [0, 0.1) is 11.3 Å². The Morgan fingerprint density at radius 3 is 2.30 bits per heavy atom. The maximum absolute atomic E-state index is 11.9. The number of carbonyl (C=O) groups is 1. The highest BCUT2D eigenvalue weighted by Gasteiger charge is 2.39. The van der Waals surface area contributed by atoms with Gasteiger partial charge >= 0.3 is 0 Å². The lowest BCUT2D eigenvalue weighted by Crippen LogP contribution is -2.56. The van der Waals surface area contributed by atoms with Crippen molar-refractivity contribution >= 4 is 5.91 Å². The molecule has 0 radical (unpaired) electrons. The topological polar surface area (TPSA) is 50.6 Å². The maximum Gasteiger partial charge on any atom is 0.223 e. The molecule has 5 heteroatoms. The van der Waals surface area contributed by atoms with E-state index < -0.39 is 0 Å². The maximum atomic E-state index is 11.9. The van der Waals surface area contributed by atoms with Crippen molar-refractivity contribution in [2.75, 3.05) is 47.8 Å². The van der Waals surface area contributed by atoms with Gasteiger partial charge in [-0.3, -0.25) is 4.79 Å². The molecule has 0 aromatic carbocycles. The molecule has 1 rings (SSSR count). The van der Waals surface area contributed by atoms with Crippen LogP contribution in [0.2, 0.25) is 0 Å². The average molecular weight is 280 g/mol. The van der Waals surface area contributed by atoms with Gasteiger partial charge in [-0.1, -0.05) is 0 Å². The highest BCUT2D eigenvalue weighted by Crippen LogP contribution is 2.36. The number of likely N-dealkylation sites (N-methyl/N-ethyl adjacent to an activating group) is 2. The summed E-state index contributed by atoms with van der Waals surface area (Å²) in [5.74, 6) is 0.125. The largest absolute Gasteiger partial charge is 0.345 e. The molecule has 1 aliphatic carbocycles. The van der Waals surface area contributed by atoms with E-state index in [1.54, 1.807) is 11.9 Å². The molecule has 1 fully saturated rings. The van der Waals surface area contributed by atoms with Gasteiger partial charge in [-0.2, -0.15) is 5.26 Å². The zero-order valence-corrected chi connectivity index (χ0v) is 13.4. The predicted octanol–water partition coefficient (Wildman–Crippen LogP) is 1.16. The third-order valence-corrected chi connectivity index (χ3v) is 4.49. The monoisotopic (exact) mass is 280 g/mol. The van der Waals surface area contributed by atoms with Gasteiger partial charge in [0.15, 0.2) is 0 Å². The first-order valence-corrected chi connectivity index (χ1v) is 7.38. The van der Waals surface area contributed by atoms with Gasteiger partial charge in [0.1, 0.15) is 0 Å². The first kappa shape index (κ1) is 16.9. The highest BCUT2D eigenvalue weighted by atomic mass is 16.2. The number of hydrogen-bond donors (Lipinski definition) is 0. The molecule has 0 bridgehead atoms. The minimum Gasteiger partial charge on any atom is -0.345 e. The Kier molecular flexibility index (Phi) is 6.44. The molecule has 0 atom stereocenters. The number of rotatable bonds is 8. The molecule has 5 nitrogen and oxygen atoms in total. The molecule has 0 aromatic rings. The summed E-state index contributed by atoms with van der Waals surface area (Å²) < 4.78 is 0. The Hall–Kier alpha value is -1.12. The van der Waals surface area contributed by atoms with Gasteiger partial charge in [0.25, 0.3) is 0 Å². The molecule has 20 heavy (non-hydrogen) atoms. The van der Waals surface area contributed by atoms with Crippen molar-refractivity contribution in [3.05, 3.63) is 0 Å². The second-order valence-electron chi connectivity index (χ2n) is 6.18. The van der Waals surface area contributed by atoms with Crippen molar-refractivity contribution in [1.82, 2.24) is 14.7 Å². The van der Waals surface area contributed by atoms with E-state index in [0.29, 0.717) is 24.9 Å². The molecule has 0 saturated heterocycles. The number of nitriles is 1. The highest BCUT2D eigenvalue weighted by molar-refractivity contribution is 5.76. The second kappa shape index (κ2) is 7.61. The molecule has 1 amide bonds. The van der Waals surface area contributed by atoms with Crippen molar-refractivity contribution in [3.63, 3.8) is 0 Å². The van der Waals surface area contributed by atoms with E-state index in [1.165, 1.54) is 19.3 Å². The summed E-state index contributed by atoms with van der Waals surface area (Å²) in [6, 6.07) is 2.07. The fraction of sp³-hybridized carbons (Fsp3) is 0.867. The lowest BCUT2D eigenvalue weighted by Gasteiger charge is -2.49. The zero-order valence-electron chi connectivity index (χ0n) is 13.4. The lowest BCUT2D eigenvalue weighted by molar-refractivity contribution is -0.130. The third kappa shape index (κ3) is 4.46. The van der Waals surface area contributed by atoms with Crippen molar-refractivity contribution in [2.24, 2.45) is 0 Å². The number of carbonyl (C=O) groups excluding carboxylic acids is 1. The summed E-state index contributed by atoms with van der Waals surface area (Å²) >= 11 is 0. The van der Waals surface area contributed by atoms with Crippen LogP contribution in [0.15, 0.2) is 0 Å². The van der Waals surface area contributed by atoms with E-state index in [-0.39, 0.29) is 5.91 Å². The average Bonchev–Trinajstić information content (AvgIpc) is 2.36. The molecular formula is C15H28N4O. The minimum atomic E-state index is 0.125. The Morgan fingerprint density at radius 1 is 1.20 bits per heavy atom. The Morgan fingerprint density at radius 2 is 1.85 bits per heavy atom. The van der Waals surface area contributed by atoms with Crippen LogP contribution >= 0.6 is 0 Å². The molecule has 0 aliphatic heterocycles. The Labute approximate surface area is 123 Å². The van der Waals surface area contributed by atoms with Crippen LogP contribution in [0.5, 0.6) is 0 Å². The molecular weight excluding hydrogens is 252 g/mol. The normalized spacial score (nSPS) is 16.9. The van der Waals surface area contributed by atoms with Crippen molar-refractivity contribution in [2.45, 2.75) is 37.6 Å². The number of amides is 1. The van der Waals surface area contributed by atoms with E-state index in [9.17, 15) is 4.79 Å². The first-order chi connectivity index (χ1) is 9.41. The van der Waals surface area contributed by atoms with Crippen LogP contribution in [-0.4, -0.2) is 74.0 Å². The molecule has 0 aromatic heterocycles. The van der Waals surface area contributed by atoms with Gasteiger partial charge in [0, 0.05) is 38.6 Å². The van der Waals surface area contributed by atoms with Gasteiger partial charge in [-0.05, 0) is 40.4 Å². The summed E-state index contributed by atoms with van der Waals surface area (Å²) in [7, 11) is 8.15. The summed E-state index contributed by atoms with van der Waals surface area (Å²) in [5, 5.41) is 8.53. The summed E-state index contributed by atoms with van der Waals surface area (Å²) in [6.07, 6.45) is 4.74. The fourth-order valence-electron chi connectivity index (χ4n) is 2.73. The molecule has 114 valence electrons. The molecule has 1 saturated carbocycles. The summed E-state index contributed by atoms with van der Waals surface area (Å²) in [5.41, 5.74) is 0.310. The Balaban J connectivity index is 2.31. The van der Waals surface area contributed by atoms with Crippen LogP contribution in [0.25, 0.3) is 0 Å². The van der Waals surface area contributed by atoms with Crippen molar-refractivity contribution in [1.29, 1.82) is 5.26 Å². The van der Waals surface area contributed by atoms with E-state index in [4.69, 9.17) is 5.26 Å². The van der Waals surface area contributed by atoms with Crippen LogP contribution < -0.4 is 0 Å². The second-order valence-corrected chi connectivity index (χ2v) is 6.18. The zero-order chi connectivity index (χ0) is 15.2. The van der Waals surface area contributed by atoms with Crippen molar-refractivity contribution < 1.29 is 4.79 Å². The number of hydrogen-bond acceptors (Lipinski definition) is 4. The Bertz CT molecular complexity index is 357. The van der Waals surface area contributed by atoms with Crippen LogP contribution in [0.3, 0.4) is 0 Å². The van der Waals surface area contributed by atoms with Gasteiger partial charge in [0.2, 0.25) is 5.91 Å². The molecule has 1 aliphatic rings. The van der Waals surface area contributed by atoms with E-state index in [1.807, 2.05) is 0 Å². The van der Waals surface area contributed by atoms with Gasteiger partial charge < -0.3 is 14.7 Å². The van der Waals surface area contributed by atoms with Crippen molar-refractivity contribution in [3.8, 4) is 6.07 Å². The van der Waals surface area contributed by atoms with Crippen LogP contribution in [0.4, 0.5) is 0 Å². The molecule has 0 unspecified atom stereocenters. The van der Waals surface area contributed by atoms with E-state index in [0.717, 1.165) is 13.1 Å².